The Kier molecular flexibility index (Phi) is 7.48. The molecule has 2 aliphatic carbocycles. The minimum absolute atomic E-state index is 0.135. The maximum absolute atomic E-state index is 14.0. The Bertz CT molecular complexity index is 1660. The number of ketones is 1. The molecule has 8 atom stereocenters. The van der Waals surface area contributed by atoms with Gasteiger partial charge in [-0.05, 0) is 38.5 Å². The zero-order valence-corrected chi connectivity index (χ0v) is 26.5. The van der Waals surface area contributed by atoms with Crippen LogP contribution in [-0.2, 0) is 39.7 Å². The number of esters is 1. The van der Waals surface area contributed by atoms with Crippen LogP contribution in [0.4, 0.5) is 0 Å². The summed E-state index contributed by atoms with van der Waals surface area (Å²) in [5.74, 6) is -2.11. The molecule has 44 heavy (non-hydrogen) atoms. The SMILES string of the molecule is C=C[C@@]1(C)CC(=O)[C@]2(O)C3(C)C(C(O)C(OC(=O)CCCn4cnc5c4c(=O)n(C)c(=O)n5C)[C@@]2(C)O1)C(C)(C)CC[C@@H]3O. The summed E-state index contributed by atoms with van der Waals surface area (Å²) in [6.45, 7) is 12.5. The molecule has 1 aliphatic heterocycles. The molecule has 3 heterocycles. The van der Waals surface area contributed by atoms with Crippen LogP contribution in [0.25, 0.3) is 11.2 Å². The van der Waals surface area contributed by atoms with Crippen LogP contribution in [0.3, 0.4) is 0 Å². The third-order valence-electron chi connectivity index (χ3n) is 11.0. The van der Waals surface area contributed by atoms with E-state index in [1.54, 1.807) is 18.4 Å². The van der Waals surface area contributed by atoms with Crippen molar-refractivity contribution in [1.29, 1.82) is 0 Å². The van der Waals surface area contributed by atoms with E-state index in [1.165, 1.54) is 38.0 Å². The fraction of sp³-hybridized carbons (Fsp3) is 0.710. The van der Waals surface area contributed by atoms with Crippen molar-refractivity contribution in [3.63, 3.8) is 0 Å². The minimum atomic E-state index is -2.31. The van der Waals surface area contributed by atoms with Gasteiger partial charge in [0.05, 0.1) is 24.1 Å². The molecule has 0 radical (unpaired) electrons. The Morgan fingerprint density at radius 2 is 1.82 bits per heavy atom. The van der Waals surface area contributed by atoms with Crippen LogP contribution in [0.1, 0.15) is 66.7 Å². The number of aliphatic hydroxyl groups is 3. The lowest BCUT2D eigenvalue weighted by Crippen LogP contribution is -2.86. The molecule has 13 nitrogen and oxygen atoms in total. The van der Waals surface area contributed by atoms with Crippen molar-refractivity contribution < 1.29 is 34.4 Å². The number of imidazole rings is 1. The third-order valence-corrected chi connectivity index (χ3v) is 11.0. The Morgan fingerprint density at radius 1 is 1.16 bits per heavy atom. The number of rotatable bonds is 6. The van der Waals surface area contributed by atoms with E-state index in [0.717, 1.165) is 4.57 Å². The fourth-order valence-electron chi connectivity index (χ4n) is 8.64. The molecule has 242 valence electrons. The quantitative estimate of drug-likeness (QED) is 0.310. The minimum Gasteiger partial charge on any atom is -0.456 e. The highest BCUT2D eigenvalue weighted by Gasteiger charge is 2.81. The van der Waals surface area contributed by atoms with E-state index in [9.17, 15) is 34.5 Å². The van der Waals surface area contributed by atoms with Gasteiger partial charge in [0.1, 0.15) is 5.60 Å². The lowest BCUT2D eigenvalue weighted by atomic mass is 9.40. The van der Waals surface area contributed by atoms with Crippen molar-refractivity contribution in [2.75, 3.05) is 0 Å². The van der Waals surface area contributed by atoms with E-state index >= 15 is 0 Å². The van der Waals surface area contributed by atoms with Gasteiger partial charge < -0.3 is 29.4 Å². The first-order valence-electron chi connectivity index (χ1n) is 15.1. The largest absolute Gasteiger partial charge is 0.456 e. The smallest absolute Gasteiger partial charge is 0.332 e. The number of hydrogen-bond donors (Lipinski definition) is 3. The summed E-state index contributed by atoms with van der Waals surface area (Å²) in [6.07, 6.45) is -0.399. The number of carbonyl (C=O) groups excluding carboxylic acids is 2. The lowest BCUT2D eigenvalue weighted by Gasteiger charge is -2.71. The normalized spacial score (nSPS) is 38.2. The molecule has 0 bridgehead atoms. The number of nitrogens with zero attached hydrogens (tertiary/aromatic N) is 4. The second-order valence-corrected chi connectivity index (χ2v) is 14.2. The van der Waals surface area contributed by atoms with Crippen molar-refractivity contribution in [2.24, 2.45) is 30.8 Å². The van der Waals surface area contributed by atoms with Gasteiger partial charge in [-0.25, -0.2) is 9.78 Å². The molecule has 2 aromatic heterocycles. The Hall–Kier alpha value is -3.13. The monoisotopic (exact) mass is 616 g/mol. The van der Waals surface area contributed by atoms with Crippen molar-refractivity contribution >= 4 is 22.9 Å². The Labute approximate surface area is 255 Å². The van der Waals surface area contributed by atoms with Gasteiger partial charge in [-0.3, -0.25) is 23.5 Å². The summed E-state index contributed by atoms with van der Waals surface area (Å²) in [5, 5.41) is 35.9. The zero-order valence-electron chi connectivity index (χ0n) is 26.5. The summed E-state index contributed by atoms with van der Waals surface area (Å²) in [4.78, 5) is 56.7. The predicted molar refractivity (Wildman–Crippen MR) is 159 cm³/mol. The lowest BCUT2D eigenvalue weighted by molar-refractivity contribution is -0.370. The van der Waals surface area contributed by atoms with Crippen LogP contribution in [-0.4, -0.2) is 80.9 Å². The Balaban J connectivity index is 1.46. The summed E-state index contributed by atoms with van der Waals surface area (Å²) < 4.78 is 16.2. The van der Waals surface area contributed by atoms with Gasteiger partial charge in [0.2, 0.25) is 0 Å². The van der Waals surface area contributed by atoms with Gasteiger partial charge in [-0.15, -0.1) is 6.58 Å². The maximum Gasteiger partial charge on any atom is 0.332 e. The van der Waals surface area contributed by atoms with Gasteiger partial charge >= 0.3 is 11.7 Å². The van der Waals surface area contributed by atoms with E-state index < -0.39 is 74.9 Å². The van der Waals surface area contributed by atoms with Crippen LogP contribution in [0.15, 0.2) is 28.6 Å². The molecule has 1 saturated heterocycles. The summed E-state index contributed by atoms with van der Waals surface area (Å²) >= 11 is 0. The zero-order chi connectivity index (χ0) is 32.8. The molecule has 5 rings (SSSR count). The van der Waals surface area contributed by atoms with Gasteiger partial charge in [-0.2, -0.15) is 0 Å². The number of aryl methyl sites for hydroxylation is 2. The van der Waals surface area contributed by atoms with E-state index in [-0.39, 0.29) is 37.0 Å². The second kappa shape index (κ2) is 10.2. The second-order valence-electron chi connectivity index (χ2n) is 14.2. The van der Waals surface area contributed by atoms with E-state index in [1.807, 2.05) is 13.8 Å². The number of carbonyl (C=O) groups is 2. The molecule has 3 fully saturated rings. The van der Waals surface area contributed by atoms with Crippen LogP contribution in [0.5, 0.6) is 0 Å². The van der Waals surface area contributed by atoms with Crippen molar-refractivity contribution in [3.8, 4) is 0 Å². The molecular formula is C31H44N4O9. The molecule has 2 saturated carbocycles. The molecule has 0 spiro atoms. The van der Waals surface area contributed by atoms with Crippen LogP contribution in [0, 0.1) is 16.7 Å². The van der Waals surface area contributed by atoms with Gasteiger partial charge in [-0.1, -0.05) is 26.8 Å². The van der Waals surface area contributed by atoms with Crippen LogP contribution in [0.2, 0.25) is 0 Å². The van der Waals surface area contributed by atoms with Crippen molar-refractivity contribution in [2.45, 2.75) is 108 Å². The van der Waals surface area contributed by atoms with Gasteiger partial charge in [0.15, 0.2) is 28.7 Å². The highest BCUT2D eigenvalue weighted by atomic mass is 16.6. The number of ether oxygens (including phenoxy) is 2. The predicted octanol–water partition coefficient (Wildman–Crippen LogP) is 0.728. The first-order chi connectivity index (χ1) is 20.3. The highest BCUT2D eigenvalue weighted by Crippen LogP contribution is 2.67. The molecule has 0 amide bonds. The van der Waals surface area contributed by atoms with Gasteiger partial charge in [0, 0.05) is 44.8 Å². The van der Waals surface area contributed by atoms with Crippen LogP contribution >= 0.6 is 0 Å². The number of aliphatic hydroxyl groups excluding tert-OH is 2. The molecule has 0 aromatic carbocycles. The first-order valence-corrected chi connectivity index (χ1v) is 15.1. The van der Waals surface area contributed by atoms with E-state index in [2.05, 4.69) is 11.6 Å². The summed E-state index contributed by atoms with van der Waals surface area (Å²) in [5.41, 5.74) is -8.18. The number of hydrogen-bond acceptors (Lipinski definition) is 10. The highest BCUT2D eigenvalue weighted by molar-refractivity contribution is 5.92. The van der Waals surface area contributed by atoms with E-state index in [4.69, 9.17) is 9.47 Å². The molecule has 3 aliphatic rings. The molecule has 13 heteroatoms. The van der Waals surface area contributed by atoms with Crippen LogP contribution < -0.4 is 11.2 Å². The fourth-order valence-corrected chi connectivity index (χ4v) is 8.64. The van der Waals surface area contributed by atoms with Crippen molar-refractivity contribution in [1.82, 2.24) is 18.7 Å². The topological polar surface area (TPSA) is 175 Å². The maximum atomic E-state index is 14.0. The van der Waals surface area contributed by atoms with Crippen molar-refractivity contribution in [3.05, 3.63) is 39.8 Å². The summed E-state index contributed by atoms with van der Waals surface area (Å²) in [6, 6.07) is 0. The number of fused-ring (bicyclic) bond motifs is 4. The molecule has 2 aromatic rings. The van der Waals surface area contributed by atoms with E-state index in [0.29, 0.717) is 12.8 Å². The standard InChI is InChI=1S/C31H44N4O9/c1-9-28(4)15-18(37)31(42)29(5)17(36)12-13-27(2,3)22(29)21(39)23(30(31,6)44-28)43-19(38)11-10-14-35-16-32-24-20(35)25(40)34(8)26(41)33(24)7/h9,16-17,21-23,36,39,42H,1,10-15H2,2-8H3/t17-,21?,22?,23?,28-,29?,30+,31-/m0/s1. The van der Waals surface area contributed by atoms with Gasteiger partial charge in [0.25, 0.3) is 5.56 Å². The number of aromatic nitrogens is 4. The average Bonchev–Trinajstić information content (AvgIpc) is 3.37. The third kappa shape index (κ3) is 4.15. The Morgan fingerprint density at radius 3 is 2.45 bits per heavy atom. The molecular weight excluding hydrogens is 572 g/mol. The summed E-state index contributed by atoms with van der Waals surface area (Å²) in [7, 11) is 2.89. The number of Topliss-reactive ketones (excluding diaryl/α,β-unsaturated/α-hetero) is 1. The molecule has 4 unspecified atom stereocenters. The molecule has 3 N–H and O–H groups in total. The average molecular weight is 617 g/mol. The first kappa shape index (κ1) is 32.3.